The highest BCUT2D eigenvalue weighted by Crippen LogP contribution is 2.27. The van der Waals surface area contributed by atoms with Crippen molar-refractivity contribution in [3.63, 3.8) is 0 Å². The summed E-state index contributed by atoms with van der Waals surface area (Å²) in [5.74, 6) is 1.97. The maximum Gasteiger partial charge on any atom is 0.126 e. The van der Waals surface area contributed by atoms with Gasteiger partial charge in [0.2, 0.25) is 0 Å². The second kappa shape index (κ2) is 8.07. The average Bonchev–Trinajstić information content (AvgIpc) is 2.53. The Morgan fingerprint density at radius 3 is 2.24 bits per heavy atom. The molecule has 1 aliphatic heterocycles. The van der Waals surface area contributed by atoms with Crippen LogP contribution in [0.2, 0.25) is 0 Å². The van der Waals surface area contributed by atoms with Gasteiger partial charge in [-0.1, -0.05) is 0 Å². The van der Waals surface area contributed by atoms with Crippen molar-refractivity contribution >= 4 is 0 Å². The molecule has 1 heterocycles. The monoisotopic (exact) mass is 296 g/mol. The van der Waals surface area contributed by atoms with Crippen molar-refractivity contribution in [3.05, 3.63) is 18.2 Å². The second-order valence-corrected chi connectivity index (χ2v) is 5.06. The summed E-state index contributed by atoms with van der Waals surface area (Å²) in [7, 11) is 3.19. The molecule has 2 N–H and O–H groups in total. The molecule has 0 radical (unpaired) electrons. The Labute approximate surface area is 125 Å². The van der Waals surface area contributed by atoms with Crippen LogP contribution >= 0.6 is 0 Å². The van der Waals surface area contributed by atoms with Crippen LogP contribution in [0, 0.1) is 0 Å². The molecular weight excluding hydrogens is 272 g/mol. The third-order valence-corrected chi connectivity index (χ3v) is 3.45. The van der Waals surface area contributed by atoms with Gasteiger partial charge < -0.3 is 24.6 Å². The van der Waals surface area contributed by atoms with E-state index in [1.165, 1.54) is 0 Å². The van der Waals surface area contributed by atoms with E-state index in [-0.39, 0.29) is 6.61 Å². The maximum atomic E-state index is 10.1. The predicted octanol–water partition coefficient (Wildman–Crippen LogP) is 0.349. The summed E-state index contributed by atoms with van der Waals surface area (Å²) in [5, 5.41) is 13.4. The molecule has 1 saturated heterocycles. The molecular formula is C15H24N2O4. The summed E-state index contributed by atoms with van der Waals surface area (Å²) in [6, 6.07) is 5.34. The molecule has 21 heavy (non-hydrogen) atoms. The molecule has 6 heteroatoms. The minimum Gasteiger partial charge on any atom is -0.496 e. The van der Waals surface area contributed by atoms with Crippen LogP contribution in [0.4, 0.5) is 0 Å². The summed E-state index contributed by atoms with van der Waals surface area (Å²) in [6.45, 7) is 4.75. The van der Waals surface area contributed by atoms with Gasteiger partial charge in [0.25, 0.3) is 0 Å². The van der Waals surface area contributed by atoms with Crippen LogP contribution in [0.3, 0.4) is 0 Å². The quantitative estimate of drug-likeness (QED) is 0.757. The fourth-order valence-corrected chi connectivity index (χ4v) is 2.30. The summed E-state index contributed by atoms with van der Waals surface area (Å²) < 4.78 is 16.0. The largest absolute Gasteiger partial charge is 0.496 e. The zero-order chi connectivity index (χ0) is 15.1. The highest BCUT2D eigenvalue weighted by molar-refractivity contribution is 5.41. The fraction of sp³-hybridized carbons (Fsp3) is 0.600. The molecule has 1 aromatic carbocycles. The molecule has 0 bridgehead atoms. The van der Waals surface area contributed by atoms with Crippen LogP contribution in [0.15, 0.2) is 18.2 Å². The lowest BCUT2D eigenvalue weighted by Gasteiger charge is -2.29. The van der Waals surface area contributed by atoms with E-state index in [2.05, 4.69) is 10.2 Å². The van der Waals surface area contributed by atoms with E-state index >= 15 is 0 Å². The topological polar surface area (TPSA) is 63.2 Å². The SMILES string of the molecule is COc1cc(OC)cc(OCC(O)CN2CCNCC2)c1. The van der Waals surface area contributed by atoms with Gasteiger partial charge >= 0.3 is 0 Å². The minimum absolute atomic E-state index is 0.250. The highest BCUT2D eigenvalue weighted by Gasteiger charge is 2.15. The van der Waals surface area contributed by atoms with E-state index in [1.807, 2.05) is 0 Å². The smallest absolute Gasteiger partial charge is 0.126 e. The third-order valence-electron chi connectivity index (χ3n) is 3.45. The maximum absolute atomic E-state index is 10.1. The van der Waals surface area contributed by atoms with Crippen molar-refractivity contribution in [2.24, 2.45) is 0 Å². The first-order chi connectivity index (χ1) is 10.2. The van der Waals surface area contributed by atoms with Gasteiger partial charge in [0.1, 0.15) is 30.0 Å². The van der Waals surface area contributed by atoms with Crippen molar-refractivity contribution < 1.29 is 19.3 Å². The number of ether oxygens (including phenoxy) is 3. The van der Waals surface area contributed by atoms with Gasteiger partial charge in [0.15, 0.2) is 0 Å². The van der Waals surface area contributed by atoms with Gasteiger partial charge in [0.05, 0.1) is 14.2 Å². The first-order valence-corrected chi connectivity index (χ1v) is 7.18. The highest BCUT2D eigenvalue weighted by atomic mass is 16.5. The van der Waals surface area contributed by atoms with Gasteiger partial charge in [0, 0.05) is 50.9 Å². The van der Waals surface area contributed by atoms with Crippen LogP contribution in [-0.2, 0) is 0 Å². The zero-order valence-electron chi connectivity index (χ0n) is 12.7. The van der Waals surface area contributed by atoms with Crippen LogP contribution in [0.25, 0.3) is 0 Å². The number of nitrogens with one attached hydrogen (secondary N) is 1. The summed E-state index contributed by atoms with van der Waals surface area (Å²) >= 11 is 0. The molecule has 0 aliphatic carbocycles. The van der Waals surface area contributed by atoms with Crippen LogP contribution in [0.1, 0.15) is 0 Å². The number of piperazine rings is 1. The van der Waals surface area contributed by atoms with Gasteiger partial charge in [-0.25, -0.2) is 0 Å². The van der Waals surface area contributed by atoms with Crippen molar-refractivity contribution in [1.82, 2.24) is 10.2 Å². The van der Waals surface area contributed by atoms with Crippen LogP contribution in [0.5, 0.6) is 17.2 Å². The van der Waals surface area contributed by atoms with E-state index in [9.17, 15) is 5.11 Å². The predicted molar refractivity (Wildman–Crippen MR) is 80.4 cm³/mol. The van der Waals surface area contributed by atoms with E-state index < -0.39 is 6.10 Å². The number of nitrogens with zero attached hydrogens (tertiary/aromatic N) is 1. The molecule has 118 valence electrons. The summed E-state index contributed by atoms with van der Waals surface area (Å²) in [5.41, 5.74) is 0. The van der Waals surface area contributed by atoms with Crippen molar-refractivity contribution in [2.45, 2.75) is 6.10 Å². The molecule has 1 fully saturated rings. The number of aliphatic hydroxyl groups is 1. The molecule has 0 amide bonds. The summed E-state index contributed by atoms with van der Waals surface area (Å²) in [6.07, 6.45) is -0.514. The number of rotatable bonds is 7. The van der Waals surface area contributed by atoms with Crippen molar-refractivity contribution in [3.8, 4) is 17.2 Å². The molecule has 0 aromatic heterocycles. The Hall–Kier alpha value is -1.50. The molecule has 1 unspecified atom stereocenters. The number of benzene rings is 1. The fourth-order valence-electron chi connectivity index (χ4n) is 2.30. The number of hydrogen-bond donors (Lipinski definition) is 2. The normalized spacial score (nSPS) is 17.3. The van der Waals surface area contributed by atoms with Gasteiger partial charge in [-0.15, -0.1) is 0 Å². The Morgan fingerprint density at radius 2 is 1.67 bits per heavy atom. The Balaban J connectivity index is 1.83. The zero-order valence-corrected chi connectivity index (χ0v) is 12.7. The van der Waals surface area contributed by atoms with Gasteiger partial charge in [-0.05, 0) is 0 Å². The lowest BCUT2D eigenvalue weighted by molar-refractivity contribution is 0.0640. The molecule has 6 nitrogen and oxygen atoms in total. The summed E-state index contributed by atoms with van der Waals surface area (Å²) in [4.78, 5) is 2.23. The lowest BCUT2D eigenvalue weighted by atomic mass is 10.3. The molecule has 0 spiro atoms. The van der Waals surface area contributed by atoms with Crippen molar-refractivity contribution in [1.29, 1.82) is 0 Å². The Kier molecular flexibility index (Phi) is 6.10. The standard InChI is InChI=1S/C15H24N2O4/c1-19-13-7-14(20-2)9-15(8-13)21-11-12(18)10-17-5-3-16-4-6-17/h7-9,12,16,18H,3-6,10-11H2,1-2H3. The minimum atomic E-state index is -0.514. The number of hydrogen-bond acceptors (Lipinski definition) is 6. The van der Waals surface area contributed by atoms with Crippen LogP contribution in [-0.4, -0.2) is 69.7 Å². The average molecular weight is 296 g/mol. The van der Waals surface area contributed by atoms with Gasteiger partial charge in [-0.3, -0.25) is 4.90 Å². The Bertz CT molecular complexity index is 413. The van der Waals surface area contributed by atoms with E-state index in [0.717, 1.165) is 26.2 Å². The molecule has 1 atom stereocenters. The molecule has 0 saturated carbocycles. The first kappa shape index (κ1) is 15.9. The Morgan fingerprint density at radius 1 is 1.10 bits per heavy atom. The molecule has 1 aliphatic rings. The first-order valence-electron chi connectivity index (χ1n) is 7.18. The molecule has 2 rings (SSSR count). The number of aliphatic hydroxyl groups excluding tert-OH is 1. The number of β-amino-alcohol motifs (C(OH)–C–C–N with tert-alkyl or cyclic N) is 1. The molecule has 1 aromatic rings. The third kappa shape index (κ3) is 5.08. The second-order valence-electron chi connectivity index (χ2n) is 5.06. The van der Waals surface area contributed by atoms with E-state index in [4.69, 9.17) is 14.2 Å². The number of methoxy groups -OCH3 is 2. The van der Waals surface area contributed by atoms with E-state index in [0.29, 0.717) is 23.8 Å². The van der Waals surface area contributed by atoms with Gasteiger partial charge in [-0.2, -0.15) is 0 Å². The van der Waals surface area contributed by atoms with E-state index in [1.54, 1.807) is 32.4 Å². The lowest BCUT2D eigenvalue weighted by Crippen LogP contribution is -2.47. The van der Waals surface area contributed by atoms with Crippen LogP contribution < -0.4 is 19.5 Å². The van der Waals surface area contributed by atoms with Crippen molar-refractivity contribution in [2.75, 3.05) is 53.6 Å².